The van der Waals surface area contributed by atoms with E-state index in [1.807, 2.05) is 0 Å². The van der Waals surface area contributed by atoms with Crippen molar-refractivity contribution in [2.75, 3.05) is 12.0 Å². The molecule has 0 radical (unpaired) electrons. The lowest BCUT2D eigenvalue weighted by Gasteiger charge is -2.25. The number of methoxy groups -OCH3 is 1. The Morgan fingerprint density at radius 2 is 1.91 bits per heavy atom. The number of Topliss-reactive ketones (excluding diaryl/α,β-unsaturated/α-hetero) is 1. The van der Waals surface area contributed by atoms with E-state index >= 15 is 0 Å². The summed E-state index contributed by atoms with van der Waals surface area (Å²) in [4.78, 5) is 31.0. The molecule has 6 nitrogen and oxygen atoms in total. The highest BCUT2D eigenvalue weighted by Crippen LogP contribution is 2.43. The van der Waals surface area contributed by atoms with Crippen LogP contribution in [0.4, 0.5) is 14.5 Å². The Hall–Kier alpha value is -3.59. The Labute approximate surface area is 189 Å². The van der Waals surface area contributed by atoms with Gasteiger partial charge in [0.25, 0.3) is 11.7 Å². The monoisotopic (exact) mass is 500 g/mol. The number of rotatable bonds is 4. The number of aliphatic hydroxyl groups excluding tert-OH is 1. The lowest BCUT2D eigenvalue weighted by atomic mass is 9.98. The van der Waals surface area contributed by atoms with E-state index in [1.54, 1.807) is 18.2 Å². The molecule has 1 aromatic heterocycles. The van der Waals surface area contributed by atoms with E-state index in [2.05, 4.69) is 20.9 Å². The third kappa shape index (κ3) is 3.64. The van der Waals surface area contributed by atoms with Crippen molar-refractivity contribution < 1.29 is 28.2 Å². The molecule has 4 rings (SSSR count). The molecule has 32 heavy (non-hydrogen) atoms. The van der Waals surface area contributed by atoms with Crippen LogP contribution < -0.4 is 9.64 Å². The summed E-state index contributed by atoms with van der Waals surface area (Å²) >= 11 is 3.31. The van der Waals surface area contributed by atoms with E-state index in [0.29, 0.717) is 10.2 Å². The highest BCUT2D eigenvalue weighted by atomic mass is 79.9. The minimum atomic E-state index is -1.27. The average Bonchev–Trinajstić information content (AvgIpc) is 3.06. The molecule has 9 heteroatoms. The minimum Gasteiger partial charge on any atom is -0.507 e. The number of carbonyl (C=O) groups excluding carboxylic acids is 2. The summed E-state index contributed by atoms with van der Waals surface area (Å²) in [7, 11) is 1.47. The molecule has 0 bridgehead atoms. The van der Waals surface area contributed by atoms with Gasteiger partial charge >= 0.3 is 0 Å². The number of hydrogen-bond donors (Lipinski definition) is 1. The Morgan fingerprint density at radius 3 is 2.56 bits per heavy atom. The molecule has 0 aliphatic carbocycles. The van der Waals surface area contributed by atoms with Crippen LogP contribution in [0, 0.1) is 11.6 Å². The predicted molar refractivity (Wildman–Crippen MR) is 116 cm³/mol. The predicted octanol–water partition coefficient (Wildman–Crippen LogP) is 4.76. The number of pyridine rings is 1. The molecule has 2 aromatic carbocycles. The Morgan fingerprint density at radius 1 is 1.12 bits per heavy atom. The van der Waals surface area contributed by atoms with Gasteiger partial charge in [-0.3, -0.25) is 19.5 Å². The number of anilines is 1. The van der Waals surface area contributed by atoms with Crippen molar-refractivity contribution in [2.24, 2.45) is 0 Å². The molecule has 0 spiro atoms. The zero-order chi connectivity index (χ0) is 23.0. The molecular weight excluding hydrogens is 486 g/mol. The first-order valence-corrected chi connectivity index (χ1v) is 10.1. The normalized spacial score (nSPS) is 17.6. The van der Waals surface area contributed by atoms with Crippen LogP contribution in [0.5, 0.6) is 5.75 Å². The van der Waals surface area contributed by atoms with Crippen LogP contribution in [-0.4, -0.2) is 28.9 Å². The summed E-state index contributed by atoms with van der Waals surface area (Å²) in [5.74, 6) is -3.84. The molecule has 1 N–H and O–H groups in total. The van der Waals surface area contributed by atoms with Crippen LogP contribution in [-0.2, 0) is 9.59 Å². The van der Waals surface area contributed by atoms with Gasteiger partial charge in [0.2, 0.25) is 0 Å². The number of ether oxygens (including phenoxy) is 1. The van der Waals surface area contributed by atoms with Crippen molar-refractivity contribution >= 4 is 39.1 Å². The second-order valence-electron chi connectivity index (χ2n) is 6.87. The third-order valence-electron chi connectivity index (χ3n) is 5.01. The zero-order valence-electron chi connectivity index (χ0n) is 16.6. The van der Waals surface area contributed by atoms with E-state index in [0.717, 1.165) is 23.1 Å². The number of halogens is 3. The molecule has 1 aliphatic rings. The fraction of sp³-hybridized carbons (Fsp3) is 0.0870. The number of amides is 1. The third-order valence-corrected chi connectivity index (χ3v) is 5.63. The molecule has 0 saturated carbocycles. The summed E-state index contributed by atoms with van der Waals surface area (Å²) in [5.41, 5.74) is -0.312. The molecule has 162 valence electrons. The second kappa shape index (κ2) is 8.51. The van der Waals surface area contributed by atoms with Crippen molar-refractivity contribution in [1.82, 2.24) is 4.98 Å². The first-order chi connectivity index (χ1) is 15.3. The maximum atomic E-state index is 14.6. The van der Waals surface area contributed by atoms with Gasteiger partial charge in [-0.1, -0.05) is 6.07 Å². The van der Waals surface area contributed by atoms with E-state index in [1.165, 1.54) is 31.5 Å². The highest BCUT2D eigenvalue weighted by molar-refractivity contribution is 9.10. The fourth-order valence-electron chi connectivity index (χ4n) is 3.54. The van der Waals surface area contributed by atoms with Gasteiger partial charge < -0.3 is 9.84 Å². The second-order valence-corrected chi connectivity index (χ2v) is 7.72. The van der Waals surface area contributed by atoms with Gasteiger partial charge in [0.05, 0.1) is 28.5 Å². The van der Waals surface area contributed by atoms with E-state index < -0.39 is 40.8 Å². The molecule has 1 amide bonds. The number of ketones is 1. The van der Waals surface area contributed by atoms with Crippen molar-refractivity contribution in [2.45, 2.75) is 6.04 Å². The van der Waals surface area contributed by atoms with Gasteiger partial charge in [0.15, 0.2) is 0 Å². The average molecular weight is 501 g/mol. The smallest absolute Gasteiger partial charge is 0.300 e. The first kappa shape index (κ1) is 21.6. The van der Waals surface area contributed by atoms with Gasteiger partial charge in [0.1, 0.15) is 29.2 Å². The summed E-state index contributed by atoms with van der Waals surface area (Å²) in [6, 6.07) is 10.7. The number of hydrogen-bond acceptors (Lipinski definition) is 5. The van der Waals surface area contributed by atoms with Crippen molar-refractivity contribution in [3.8, 4) is 5.75 Å². The quantitative estimate of drug-likeness (QED) is 0.317. The Balaban J connectivity index is 1.96. The van der Waals surface area contributed by atoms with Crippen LogP contribution in [0.3, 0.4) is 0 Å². The molecule has 3 aromatic rings. The summed E-state index contributed by atoms with van der Waals surface area (Å²) < 4.78 is 34.2. The van der Waals surface area contributed by atoms with Gasteiger partial charge in [-0.05, 0) is 58.4 Å². The summed E-state index contributed by atoms with van der Waals surface area (Å²) in [5, 5.41) is 11.0. The van der Waals surface area contributed by atoms with E-state index in [-0.39, 0.29) is 16.8 Å². The molecular formula is C23H15BrF2N2O4. The van der Waals surface area contributed by atoms with Gasteiger partial charge in [-0.2, -0.15) is 0 Å². The highest BCUT2D eigenvalue weighted by Gasteiger charge is 2.48. The molecule has 2 heterocycles. The molecule has 1 saturated heterocycles. The number of benzene rings is 2. The number of nitrogens with zero attached hydrogens (tertiary/aromatic N) is 2. The lowest BCUT2D eigenvalue weighted by Crippen LogP contribution is -2.30. The van der Waals surface area contributed by atoms with Gasteiger partial charge in [-0.15, -0.1) is 0 Å². The summed E-state index contributed by atoms with van der Waals surface area (Å²) in [6.07, 6.45) is 1.43. The van der Waals surface area contributed by atoms with E-state index in [4.69, 9.17) is 4.74 Å². The number of aromatic nitrogens is 1. The molecule has 1 unspecified atom stereocenters. The van der Waals surface area contributed by atoms with Crippen LogP contribution in [0.2, 0.25) is 0 Å². The summed E-state index contributed by atoms with van der Waals surface area (Å²) in [6.45, 7) is 0. The van der Waals surface area contributed by atoms with Crippen LogP contribution in [0.1, 0.15) is 17.3 Å². The molecule has 1 atom stereocenters. The van der Waals surface area contributed by atoms with Crippen molar-refractivity contribution in [3.05, 3.63) is 93.7 Å². The molecule has 1 fully saturated rings. The van der Waals surface area contributed by atoms with E-state index in [9.17, 15) is 23.5 Å². The molecule has 1 aliphatic heterocycles. The van der Waals surface area contributed by atoms with Gasteiger partial charge in [-0.25, -0.2) is 8.78 Å². The Kier molecular flexibility index (Phi) is 5.75. The maximum absolute atomic E-state index is 14.6. The largest absolute Gasteiger partial charge is 0.507 e. The standard InChI is InChI=1S/C23H15BrF2N2O4/c1-32-18-8-5-12(10-14(18)24)21(29)19-20(16-4-2-3-9-27-16)28(23(31)22(19)30)17-11-13(25)6-7-15(17)26/h2-11,20,29H,1H3/b21-19+. The van der Waals surface area contributed by atoms with Crippen LogP contribution in [0.25, 0.3) is 5.76 Å². The number of aliphatic hydroxyl groups is 1. The SMILES string of the molecule is COc1ccc(/C(O)=C2\C(=O)C(=O)N(c3cc(F)ccc3F)C2c2ccccn2)cc1Br. The van der Waals surface area contributed by atoms with Crippen molar-refractivity contribution in [3.63, 3.8) is 0 Å². The fourth-order valence-corrected chi connectivity index (χ4v) is 4.08. The maximum Gasteiger partial charge on any atom is 0.300 e. The van der Waals surface area contributed by atoms with Crippen LogP contribution in [0.15, 0.2) is 70.8 Å². The minimum absolute atomic E-state index is 0.199. The zero-order valence-corrected chi connectivity index (χ0v) is 18.1. The van der Waals surface area contributed by atoms with Crippen molar-refractivity contribution in [1.29, 1.82) is 0 Å². The number of carbonyl (C=O) groups is 2. The Bertz CT molecular complexity index is 1260. The topological polar surface area (TPSA) is 79.7 Å². The van der Waals surface area contributed by atoms with Crippen LogP contribution >= 0.6 is 15.9 Å². The van der Waals surface area contributed by atoms with Gasteiger partial charge in [0, 0.05) is 17.8 Å². The lowest BCUT2D eigenvalue weighted by molar-refractivity contribution is -0.132. The first-order valence-electron chi connectivity index (χ1n) is 9.34.